The van der Waals surface area contributed by atoms with Gasteiger partial charge in [-0.1, -0.05) is 18.2 Å². The molecule has 0 radical (unpaired) electrons. The Kier molecular flexibility index (Phi) is 6.57. The largest absolute Gasteiger partial charge is 0.491 e. The molecule has 0 spiro atoms. The molecule has 27 heavy (non-hydrogen) atoms. The molecular formula is C20H27NO4S2. The van der Waals surface area contributed by atoms with Crippen LogP contribution in [0.25, 0.3) is 0 Å². The number of thiophene rings is 1. The van der Waals surface area contributed by atoms with E-state index in [4.69, 9.17) is 4.74 Å². The summed E-state index contributed by atoms with van der Waals surface area (Å²) in [6.45, 7) is 5.27. The van der Waals surface area contributed by atoms with Gasteiger partial charge in [0.1, 0.15) is 18.5 Å². The van der Waals surface area contributed by atoms with Crippen LogP contribution in [0.3, 0.4) is 0 Å². The third-order valence-corrected chi connectivity index (χ3v) is 7.77. The number of nitrogens with zero attached hydrogens (tertiary/aromatic N) is 1. The van der Waals surface area contributed by atoms with Crippen LogP contribution in [-0.2, 0) is 16.4 Å². The van der Waals surface area contributed by atoms with Crippen molar-refractivity contribution in [2.75, 3.05) is 24.7 Å². The van der Waals surface area contributed by atoms with Crippen LogP contribution < -0.4 is 4.74 Å². The minimum atomic E-state index is -2.98. The molecule has 7 heteroatoms. The van der Waals surface area contributed by atoms with E-state index in [0.29, 0.717) is 19.5 Å². The predicted octanol–water partition coefficient (Wildman–Crippen LogP) is 2.79. The van der Waals surface area contributed by atoms with Gasteiger partial charge in [0.05, 0.1) is 11.5 Å². The summed E-state index contributed by atoms with van der Waals surface area (Å²) in [5, 5.41) is 12.6. The third kappa shape index (κ3) is 5.54. The van der Waals surface area contributed by atoms with Crippen molar-refractivity contribution in [3.8, 4) is 5.75 Å². The van der Waals surface area contributed by atoms with Gasteiger partial charge in [0.15, 0.2) is 9.84 Å². The smallest absolute Gasteiger partial charge is 0.151 e. The Morgan fingerprint density at radius 2 is 2.04 bits per heavy atom. The monoisotopic (exact) mass is 409 g/mol. The Balaban J connectivity index is 1.65. The molecule has 0 aliphatic carbocycles. The van der Waals surface area contributed by atoms with Crippen molar-refractivity contribution in [1.82, 2.24) is 4.90 Å². The summed E-state index contributed by atoms with van der Waals surface area (Å²) in [6.07, 6.45) is -0.0637. The Morgan fingerprint density at radius 3 is 2.67 bits per heavy atom. The van der Waals surface area contributed by atoms with Gasteiger partial charge >= 0.3 is 0 Å². The van der Waals surface area contributed by atoms with E-state index in [0.717, 1.165) is 11.3 Å². The van der Waals surface area contributed by atoms with Gasteiger partial charge in [-0.3, -0.25) is 4.90 Å². The van der Waals surface area contributed by atoms with Gasteiger partial charge in [0.2, 0.25) is 0 Å². The third-order valence-electron chi connectivity index (χ3n) is 5.01. The van der Waals surface area contributed by atoms with E-state index < -0.39 is 15.9 Å². The molecule has 1 N–H and O–H groups in total. The predicted molar refractivity (Wildman–Crippen MR) is 109 cm³/mol. The van der Waals surface area contributed by atoms with E-state index in [9.17, 15) is 13.5 Å². The van der Waals surface area contributed by atoms with Crippen LogP contribution in [0.5, 0.6) is 5.75 Å². The number of aliphatic hydroxyl groups is 1. The quantitative estimate of drug-likeness (QED) is 0.726. The number of hydrogen-bond donors (Lipinski definition) is 1. The van der Waals surface area contributed by atoms with E-state index >= 15 is 0 Å². The van der Waals surface area contributed by atoms with Crippen molar-refractivity contribution >= 4 is 21.2 Å². The van der Waals surface area contributed by atoms with Crippen molar-refractivity contribution in [3.05, 3.63) is 51.7 Å². The number of sulfone groups is 1. The van der Waals surface area contributed by atoms with Crippen LogP contribution in [0.15, 0.2) is 35.7 Å². The molecule has 2 heterocycles. The molecule has 0 bridgehead atoms. The fourth-order valence-corrected chi connectivity index (χ4v) is 6.08. The molecule has 1 fully saturated rings. The van der Waals surface area contributed by atoms with E-state index in [-0.39, 0.29) is 24.2 Å². The van der Waals surface area contributed by atoms with Crippen LogP contribution >= 0.6 is 11.3 Å². The lowest BCUT2D eigenvalue weighted by Crippen LogP contribution is -2.42. The molecule has 2 atom stereocenters. The van der Waals surface area contributed by atoms with Gasteiger partial charge in [-0.15, -0.1) is 11.3 Å². The highest BCUT2D eigenvalue weighted by Crippen LogP contribution is 2.24. The van der Waals surface area contributed by atoms with E-state index in [1.54, 1.807) is 11.3 Å². The van der Waals surface area contributed by atoms with E-state index in [1.165, 1.54) is 10.4 Å². The average molecular weight is 410 g/mol. The van der Waals surface area contributed by atoms with Gasteiger partial charge in [-0.25, -0.2) is 8.42 Å². The lowest BCUT2D eigenvalue weighted by molar-refractivity contribution is 0.0526. The Labute approximate surface area is 165 Å². The van der Waals surface area contributed by atoms with Crippen LogP contribution in [-0.4, -0.2) is 55.2 Å². The molecule has 1 aromatic heterocycles. The SMILES string of the molecule is Cc1ccccc1OCC(O)CN(Cc1sccc1C)C1CCS(=O)(=O)C1. The molecule has 0 amide bonds. The highest BCUT2D eigenvalue weighted by molar-refractivity contribution is 7.91. The average Bonchev–Trinajstić information content (AvgIpc) is 3.18. The summed E-state index contributed by atoms with van der Waals surface area (Å²) < 4.78 is 29.6. The van der Waals surface area contributed by atoms with Crippen LogP contribution in [0, 0.1) is 13.8 Å². The van der Waals surface area contributed by atoms with Crippen molar-refractivity contribution in [2.24, 2.45) is 0 Å². The second-order valence-corrected chi connectivity index (χ2v) is 10.5. The fourth-order valence-electron chi connectivity index (χ4n) is 3.38. The Bertz CT molecular complexity index is 862. The Morgan fingerprint density at radius 1 is 1.26 bits per heavy atom. The van der Waals surface area contributed by atoms with Crippen molar-refractivity contribution in [3.63, 3.8) is 0 Å². The first-order chi connectivity index (χ1) is 12.8. The Hall–Kier alpha value is -1.41. The number of aliphatic hydroxyl groups excluding tert-OH is 1. The molecule has 1 aliphatic heterocycles. The first-order valence-electron chi connectivity index (χ1n) is 9.18. The summed E-state index contributed by atoms with van der Waals surface area (Å²) in [5.41, 5.74) is 2.23. The number of benzene rings is 1. The first-order valence-corrected chi connectivity index (χ1v) is 11.9. The summed E-state index contributed by atoms with van der Waals surface area (Å²) in [5.74, 6) is 1.16. The topological polar surface area (TPSA) is 66.8 Å². The molecule has 1 aliphatic rings. The standard InChI is InChI=1S/C20H27NO4S2/c1-15-5-3-4-6-19(15)25-13-18(22)11-21(12-20-16(2)7-9-26-20)17-8-10-27(23,24)14-17/h3-7,9,17-18,22H,8,10-14H2,1-2H3. The van der Waals surface area contributed by atoms with Crippen molar-refractivity contribution in [1.29, 1.82) is 0 Å². The normalized spacial score (nSPS) is 20.1. The van der Waals surface area contributed by atoms with Crippen LogP contribution in [0.4, 0.5) is 0 Å². The maximum absolute atomic E-state index is 11.9. The van der Waals surface area contributed by atoms with Crippen molar-refractivity contribution < 1.29 is 18.3 Å². The minimum Gasteiger partial charge on any atom is -0.491 e. The lowest BCUT2D eigenvalue weighted by Gasteiger charge is -2.30. The molecule has 2 aromatic rings. The zero-order chi connectivity index (χ0) is 19.4. The van der Waals surface area contributed by atoms with E-state index in [2.05, 4.69) is 17.9 Å². The van der Waals surface area contributed by atoms with Gasteiger partial charge in [-0.05, 0) is 48.9 Å². The maximum atomic E-state index is 11.9. The maximum Gasteiger partial charge on any atom is 0.151 e. The summed E-state index contributed by atoms with van der Waals surface area (Å²) >= 11 is 1.67. The number of ether oxygens (including phenoxy) is 1. The van der Waals surface area contributed by atoms with Gasteiger partial charge in [-0.2, -0.15) is 0 Å². The number of rotatable bonds is 8. The summed E-state index contributed by atoms with van der Waals surface area (Å²) in [6, 6.07) is 9.73. The highest BCUT2D eigenvalue weighted by atomic mass is 32.2. The van der Waals surface area contributed by atoms with E-state index in [1.807, 2.05) is 36.6 Å². The molecule has 1 aromatic carbocycles. The lowest BCUT2D eigenvalue weighted by atomic mass is 10.1. The zero-order valence-corrected chi connectivity index (χ0v) is 17.4. The van der Waals surface area contributed by atoms with Crippen LogP contribution in [0.1, 0.15) is 22.4 Å². The first kappa shape index (κ1) is 20.3. The molecule has 3 rings (SSSR count). The van der Waals surface area contributed by atoms with Gasteiger partial charge < -0.3 is 9.84 Å². The van der Waals surface area contributed by atoms with Gasteiger partial charge in [0.25, 0.3) is 0 Å². The molecular weight excluding hydrogens is 382 g/mol. The molecule has 1 saturated heterocycles. The molecule has 2 unspecified atom stereocenters. The minimum absolute atomic E-state index is 0.0513. The van der Waals surface area contributed by atoms with Crippen molar-refractivity contribution in [2.45, 2.75) is 39.0 Å². The highest BCUT2D eigenvalue weighted by Gasteiger charge is 2.33. The number of hydrogen-bond acceptors (Lipinski definition) is 6. The number of aryl methyl sites for hydroxylation is 2. The molecule has 0 saturated carbocycles. The second-order valence-electron chi connectivity index (χ2n) is 7.24. The second kappa shape index (κ2) is 8.73. The summed E-state index contributed by atoms with van der Waals surface area (Å²) in [4.78, 5) is 3.32. The molecule has 5 nitrogen and oxygen atoms in total. The zero-order valence-electron chi connectivity index (χ0n) is 15.8. The number of para-hydroxylation sites is 1. The fraction of sp³-hybridized carbons (Fsp3) is 0.500. The summed E-state index contributed by atoms with van der Waals surface area (Å²) in [7, 11) is -2.98. The molecule has 148 valence electrons. The van der Waals surface area contributed by atoms with Gasteiger partial charge in [0, 0.05) is 24.0 Å². The van der Waals surface area contributed by atoms with Crippen LogP contribution in [0.2, 0.25) is 0 Å².